The van der Waals surface area contributed by atoms with Gasteiger partial charge in [-0.25, -0.2) is 0 Å². The van der Waals surface area contributed by atoms with E-state index in [1.807, 2.05) is 13.0 Å². The molecule has 0 saturated heterocycles. The zero-order valence-corrected chi connectivity index (χ0v) is 12.2. The standard InChI is InChI=1S/C12H15BrN4O/c1-7(2)6-9-11(13)12(18)17(16-9)10-5-4-8(3)14-15-10/h4-5,7,16H,6H2,1-3H3. The summed E-state index contributed by atoms with van der Waals surface area (Å²) in [6, 6.07) is 3.59. The van der Waals surface area contributed by atoms with Crippen molar-refractivity contribution in [3.05, 3.63) is 38.3 Å². The van der Waals surface area contributed by atoms with E-state index in [0.717, 1.165) is 17.8 Å². The molecule has 0 amide bonds. The third-order valence-corrected chi connectivity index (χ3v) is 3.35. The maximum atomic E-state index is 12.1. The molecule has 18 heavy (non-hydrogen) atoms. The Morgan fingerprint density at radius 2 is 2.11 bits per heavy atom. The monoisotopic (exact) mass is 310 g/mol. The van der Waals surface area contributed by atoms with Gasteiger partial charge in [-0.15, -0.1) is 5.10 Å². The first-order chi connectivity index (χ1) is 8.49. The van der Waals surface area contributed by atoms with Crippen molar-refractivity contribution in [3.8, 4) is 5.82 Å². The average molecular weight is 311 g/mol. The number of hydrogen-bond acceptors (Lipinski definition) is 3. The van der Waals surface area contributed by atoms with Crippen LogP contribution in [0.15, 0.2) is 21.4 Å². The molecule has 0 aromatic carbocycles. The third kappa shape index (κ3) is 2.53. The number of halogens is 1. The number of aromatic amines is 1. The van der Waals surface area contributed by atoms with Gasteiger partial charge in [0.25, 0.3) is 5.56 Å². The molecule has 0 aliphatic carbocycles. The molecule has 0 radical (unpaired) electrons. The van der Waals surface area contributed by atoms with Crippen molar-refractivity contribution in [2.75, 3.05) is 0 Å². The van der Waals surface area contributed by atoms with Gasteiger partial charge < -0.3 is 0 Å². The second-order valence-electron chi connectivity index (χ2n) is 4.68. The Hall–Kier alpha value is -1.43. The molecule has 0 aliphatic heterocycles. The van der Waals surface area contributed by atoms with Crippen LogP contribution < -0.4 is 5.56 Å². The van der Waals surface area contributed by atoms with Crippen molar-refractivity contribution in [1.82, 2.24) is 20.0 Å². The van der Waals surface area contributed by atoms with E-state index in [2.05, 4.69) is 45.1 Å². The van der Waals surface area contributed by atoms with Crippen LogP contribution in [0.3, 0.4) is 0 Å². The van der Waals surface area contributed by atoms with Crippen molar-refractivity contribution >= 4 is 15.9 Å². The van der Waals surface area contributed by atoms with Gasteiger partial charge in [0.2, 0.25) is 0 Å². The van der Waals surface area contributed by atoms with Crippen molar-refractivity contribution in [3.63, 3.8) is 0 Å². The summed E-state index contributed by atoms with van der Waals surface area (Å²) in [6.07, 6.45) is 0.808. The van der Waals surface area contributed by atoms with E-state index in [1.165, 1.54) is 4.68 Å². The van der Waals surface area contributed by atoms with E-state index in [4.69, 9.17) is 0 Å². The van der Waals surface area contributed by atoms with E-state index >= 15 is 0 Å². The molecule has 6 heteroatoms. The number of nitrogens with one attached hydrogen (secondary N) is 1. The van der Waals surface area contributed by atoms with E-state index in [1.54, 1.807) is 6.07 Å². The van der Waals surface area contributed by atoms with Crippen LogP contribution in [-0.4, -0.2) is 20.0 Å². The lowest BCUT2D eigenvalue weighted by molar-refractivity contribution is 0.624. The number of hydrogen-bond donors (Lipinski definition) is 1. The molecule has 0 unspecified atom stereocenters. The molecule has 2 aromatic rings. The van der Waals surface area contributed by atoms with E-state index < -0.39 is 0 Å². The van der Waals surface area contributed by atoms with Crippen LogP contribution >= 0.6 is 15.9 Å². The number of aromatic nitrogens is 4. The van der Waals surface area contributed by atoms with Gasteiger partial charge in [-0.05, 0) is 47.3 Å². The number of H-pyrrole nitrogens is 1. The van der Waals surface area contributed by atoms with Crippen molar-refractivity contribution in [1.29, 1.82) is 0 Å². The van der Waals surface area contributed by atoms with E-state index in [9.17, 15) is 4.79 Å². The van der Waals surface area contributed by atoms with Crippen LogP contribution in [-0.2, 0) is 6.42 Å². The lowest BCUT2D eigenvalue weighted by Crippen LogP contribution is -2.16. The Kier molecular flexibility index (Phi) is 3.65. The molecule has 96 valence electrons. The normalized spacial score (nSPS) is 11.2. The molecular formula is C12H15BrN4O. The van der Waals surface area contributed by atoms with Crippen LogP contribution in [0.5, 0.6) is 0 Å². The van der Waals surface area contributed by atoms with Gasteiger partial charge in [0.1, 0.15) is 4.47 Å². The summed E-state index contributed by atoms with van der Waals surface area (Å²) in [5.74, 6) is 0.971. The molecule has 1 N–H and O–H groups in total. The Labute approximate surface area is 113 Å². The lowest BCUT2D eigenvalue weighted by atomic mass is 10.1. The molecule has 0 fully saturated rings. The van der Waals surface area contributed by atoms with E-state index in [-0.39, 0.29) is 5.56 Å². The fourth-order valence-corrected chi connectivity index (χ4v) is 2.11. The highest BCUT2D eigenvalue weighted by Gasteiger charge is 2.14. The van der Waals surface area contributed by atoms with Gasteiger partial charge in [-0.1, -0.05) is 13.8 Å². The summed E-state index contributed by atoms with van der Waals surface area (Å²) >= 11 is 3.33. The van der Waals surface area contributed by atoms with Crippen molar-refractivity contribution in [2.45, 2.75) is 27.2 Å². The minimum absolute atomic E-state index is 0.135. The second kappa shape index (κ2) is 5.06. The fraction of sp³-hybridized carbons (Fsp3) is 0.417. The Balaban J connectivity index is 2.46. The Morgan fingerprint density at radius 1 is 1.39 bits per heavy atom. The second-order valence-corrected chi connectivity index (χ2v) is 5.47. The van der Waals surface area contributed by atoms with Gasteiger partial charge in [0.05, 0.1) is 11.4 Å². The van der Waals surface area contributed by atoms with E-state index in [0.29, 0.717) is 16.2 Å². The third-order valence-electron chi connectivity index (χ3n) is 2.53. The molecule has 0 atom stereocenters. The highest BCUT2D eigenvalue weighted by atomic mass is 79.9. The summed E-state index contributed by atoms with van der Waals surface area (Å²) in [4.78, 5) is 12.1. The van der Waals surface area contributed by atoms with Crippen molar-refractivity contribution < 1.29 is 0 Å². The smallest absolute Gasteiger partial charge is 0.287 e. The Morgan fingerprint density at radius 3 is 2.67 bits per heavy atom. The Bertz CT molecular complexity index is 598. The van der Waals surface area contributed by atoms with Gasteiger partial charge in [0.15, 0.2) is 5.82 Å². The molecule has 2 aromatic heterocycles. The number of aryl methyl sites for hydroxylation is 1. The number of nitrogens with zero attached hydrogens (tertiary/aromatic N) is 3. The van der Waals surface area contributed by atoms with Crippen LogP contribution in [0.1, 0.15) is 25.2 Å². The largest absolute Gasteiger partial charge is 0.292 e. The first kappa shape index (κ1) is 13.0. The summed E-state index contributed by atoms with van der Waals surface area (Å²) in [6.45, 7) is 6.07. The highest BCUT2D eigenvalue weighted by molar-refractivity contribution is 9.10. The minimum Gasteiger partial charge on any atom is -0.292 e. The molecule has 2 rings (SSSR count). The lowest BCUT2D eigenvalue weighted by Gasteiger charge is -2.02. The van der Waals surface area contributed by atoms with Gasteiger partial charge in [-0.2, -0.15) is 9.78 Å². The average Bonchev–Trinajstić information content (AvgIpc) is 2.58. The first-order valence-electron chi connectivity index (χ1n) is 5.79. The van der Waals surface area contributed by atoms with Gasteiger partial charge in [0, 0.05) is 0 Å². The molecule has 0 bridgehead atoms. The van der Waals surface area contributed by atoms with Crippen LogP contribution in [0, 0.1) is 12.8 Å². The molecule has 5 nitrogen and oxygen atoms in total. The van der Waals surface area contributed by atoms with Crippen molar-refractivity contribution in [2.24, 2.45) is 5.92 Å². The van der Waals surface area contributed by atoms with Crippen LogP contribution in [0.2, 0.25) is 0 Å². The predicted octanol–water partition coefficient (Wildman–Crippen LogP) is 2.23. The SMILES string of the molecule is Cc1ccc(-n2[nH]c(CC(C)C)c(Br)c2=O)nn1. The summed E-state index contributed by atoms with van der Waals surface area (Å²) in [7, 11) is 0. The maximum Gasteiger partial charge on any atom is 0.287 e. The van der Waals surface area contributed by atoms with Gasteiger partial charge in [-0.3, -0.25) is 9.89 Å². The van der Waals surface area contributed by atoms with Crippen LogP contribution in [0.25, 0.3) is 5.82 Å². The summed E-state index contributed by atoms with van der Waals surface area (Å²) in [5.41, 5.74) is 1.57. The number of rotatable bonds is 3. The molecule has 2 heterocycles. The zero-order valence-electron chi connectivity index (χ0n) is 10.6. The fourth-order valence-electron chi connectivity index (χ4n) is 1.68. The maximum absolute atomic E-state index is 12.1. The van der Waals surface area contributed by atoms with Gasteiger partial charge >= 0.3 is 0 Å². The summed E-state index contributed by atoms with van der Waals surface area (Å²) in [5, 5.41) is 11.0. The van der Waals surface area contributed by atoms with Crippen LogP contribution in [0.4, 0.5) is 0 Å². The highest BCUT2D eigenvalue weighted by Crippen LogP contribution is 2.15. The quantitative estimate of drug-likeness (QED) is 0.945. The first-order valence-corrected chi connectivity index (χ1v) is 6.58. The predicted molar refractivity (Wildman–Crippen MR) is 73.0 cm³/mol. The molecule has 0 spiro atoms. The summed E-state index contributed by atoms with van der Waals surface area (Å²) < 4.78 is 1.98. The minimum atomic E-state index is -0.135. The topological polar surface area (TPSA) is 63.6 Å². The molecule has 0 saturated carbocycles. The molecule has 0 aliphatic rings. The molecular weight excluding hydrogens is 296 g/mol. The zero-order chi connectivity index (χ0) is 13.3.